The lowest BCUT2D eigenvalue weighted by atomic mass is 10.2. The van der Waals surface area contributed by atoms with Crippen LogP contribution in [0.4, 0.5) is 0 Å². The lowest BCUT2D eigenvalue weighted by Crippen LogP contribution is -2.19. The van der Waals surface area contributed by atoms with E-state index < -0.39 is 9.84 Å². The molecule has 0 heterocycles. The summed E-state index contributed by atoms with van der Waals surface area (Å²) in [5.74, 6) is -0.0229. The highest BCUT2D eigenvalue weighted by atomic mass is 32.2. The van der Waals surface area contributed by atoms with Crippen LogP contribution in [-0.4, -0.2) is 21.2 Å². The van der Waals surface area contributed by atoms with Crippen molar-refractivity contribution in [1.29, 1.82) is 5.26 Å². The molecule has 17 heavy (non-hydrogen) atoms. The number of nitrogens with zero attached hydrogens (tertiary/aromatic N) is 1. The number of hydrogen-bond acceptors (Lipinski definition) is 4. The Hall–Kier alpha value is -1.38. The van der Waals surface area contributed by atoms with Crippen LogP contribution < -0.4 is 5.32 Å². The lowest BCUT2D eigenvalue weighted by molar-refractivity contribution is 0.599. The Morgan fingerprint density at radius 1 is 1.35 bits per heavy atom. The van der Waals surface area contributed by atoms with Gasteiger partial charge in [0.1, 0.15) is 0 Å². The summed E-state index contributed by atoms with van der Waals surface area (Å²) in [6.07, 6.45) is 1.19. The van der Waals surface area contributed by atoms with Crippen LogP contribution in [0.15, 0.2) is 29.2 Å². The average molecular weight is 252 g/mol. The molecule has 1 rings (SSSR count). The van der Waals surface area contributed by atoms with Crippen molar-refractivity contribution < 1.29 is 8.42 Å². The van der Waals surface area contributed by atoms with Gasteiger partial charge in [-0.25, -0.2) is 8.42 Å². The SMILES string of the molecule is CC(C#N)CNCc1ccc(S(C)(=O)=O)cc1. The first kappa shape index (κ1) is 13.7. The molecule has 1 aromatic carbocycles. The first-order valence-electron chi connectivity index (χ1n) is 5.33. The van der Waals surface area contributed by atoms with Crippen molar-refractivity contribution in [1.82, 2.24) is 5.32 Å². The predicted molar refractivity (Wildman–Crippen MR) is 66.0 cm³/mol. The van der Waals surface area contributed by atoms with Gasteiger partial charge in [-0.05, 0) is 24.6 Å². The van der Waals surface area contributed by atoms with Crippen LogP contribution in [0.2, 0.25) is 0 Å². The Morgan fingerprint density at radius 3 is 2.41 bits per heavy atom. The third-order valence-electron chi connectivity index (χ3n) is 2.35. The molecule has 0 spiro atoms. The Bertz CT molecular complexity index is 500. The van der Waals surface area contributed by atoms with Gasteiger partial charge in [0.25, 0.3) is 0 Å². The van der Waals surface area contributed by atoms with Gasteiger partial charge in [-0.2, -0.15) is 5.26 Å². The van der Waals surface area contributed by atoms with Crippen molar-refractivity contribution in [2.24, 2.45) is 5.92 Å². The van der Waals surface area contributed by atoms with Gasteiger partial charge >= 0.3 is 0 Å². The van der Waals surface area contributed by atoms with E-state index in [1.165, 1.54) is 6.26 Å². The van der Waals surface area contributed by atoms with Gasteiger partial charge < -0.3 is 5.32 Å². The molecule has 0 saturated heterocycles. The van der Waals surface area contributed by atoms with E-state index in [4.69, 9.17) is 5.26 Å². The summed E-state index contributed by atoms with van der Waals surface area (Å²) in [7, 11) is -3.12. The summed E-state index contributed by atoms with van der Waals surface area (Å²) >= 11 is 0. The van der Waals surface area contributed by atoms with E-state index in [2.05, 4.69) is 11.4 Å². The highest BCUT2D eigenvalue weighted by Crippen LogP contribution is 2.10. The molecule has 0 aromatic heterocycles. The molecule has 92 valence electrons. The van der Waals surface area contributed by atoms with Crippen LogP contribution in [0, 0.1) is 17.2 Å². The zero-order valence-corrected chi connectivity index (χ0v) is 10.8. The fraction of sp³-hybridized carbons (Fsp3) is 0.417. The van der Waals surface area contributed by atoms with E-state index in [0.717, 1.165) is 5.56 Å². The van der Waals surface area contributed by atoms with Crippen LogP contribution >= 0.6 is 0 Å². The summed E-state index contributed by atoms with van der Waals surface area (Å²) in [6.45, 7) is 3.11. The van der Waals surface area contributed by atoms with Crippen molar-refractivity contribution in [3.63, 3.8) is 0 Å². The van der Waals surface area contributed by atoms with Crippen LogP contribution in [0.1, 0.15) is 12.5 Å². The van der Waals surface area contributed by atoms with Gasteiger partial charge in [0.05, 0.1) is 16.9 Å². The van der Waals surface area contributed by atoms with Crippen molar-refractivity contribution in [3.8, 4) is 6.07 Å². The quantitative estimate of drug-likeness (QED) is 0.858. The molecule has 0 aliphatic carbocycles. The standard InChI is InChI=1S/C12H16N2O2S/c1-10(7-13)8-14-9-11-3-5-12(6-4-11)17(2,15)16/h3-6,10,14H,8-9H2,1-2H3. The smallest absolute Gasteiger partial charge is 0.175 e. The molecule has 1 unspecified atom stereocenters. The summed E-state index contributed by atoms with van der Waals surface area (Å²) in [5.41, 5.74) is 1.00. The molecule has 0 amide bonds. The van der Waals surface area contributed by atoms with E-state index in [9.17, 15) is 8.42 Å². The topological polar surface area (TPSA) is 70.0 Å². The minimum absolute atomic E-state index is 0.0229. The fourth-order valence-electron chi connectivity index (χ4n) is 1.33. The molecule has 0 saturated carbocycles. The van der Waals surface area contributed by atoms with Crippen molar-refractivity contribution >= 4 is 9.84 Å². The molecule has 0 radical (unpaired) electrons. The van der Waals surface area contributed by atoms with E-state index in [0.29, 0.717) is 18.0 Å². The minimum atomic E-state index is -3.12. The van der Waals surface area contributed by atoms with Gasteiger partial charge in [-0.15, -0.1) is 0 Å². The minimum Gasteiger partial charge on any atom is -0.311 e. The molecule has 1 aromatic rings. The summed E-state index contributed by atoms with van der Waals surface area (Å²) in [4.78, 5) is 0.326. The Balaban J connectivity index is 2.56. The maximum Gasteiger partial charge on any atom is 0.175 e. The summed E-state index contributed by atoms with van der Waals surface area (Å²) in [5, 5.41) is 11.7. The number of nitriles is 1. The lowest BCUT2D eigenvalue weighted by Gasteiger charge is -2.06. The third-order valence-corrected chi connectivity index (χ3v) is 3.48. The van der Waals surface area contributed by atoms with Gasteiger partial charge in [0, 0.05) is 19.3 Å². The van der Waals surface area contributed by atoms with Crippen molar-refractivity contribution in [2.75, 3.05) is 12.8 Å². The normalized spacial score (nSPS) is 13.0. The maximum atomic E-state index is 11.2. The second-order valence-corrected chi connectivity index (χ2v) is 6.09. The molecule has 0 aliphatic rings. The predicted octanol–water partition coefficient (Wildman–Crippen LogP) is 1.34. The first-order valence-corrected chi connectivity index (χ1v) is 7.22. The zero-order valence-electron chi connectivity index (χ0n) is 9.97. The summed E-state index contributed by atoms with van der Waals surface area (Å²) < 4.78 is 22.5. The van der Waals surface area contributed by atoms with Gasteiger partial charge in [-0.3, -0.25) is 0 Å². The molecule has 0 bridgehead atoms. The zero-order chi connectivity index (χ0) is 12.9. The second kappa shape index (κ2) is 5.80. The highest BCUT2D eigenvalue weighted by molar-refractivity contribution is 7.90. The number of hydrogen-bond donors (Lipinski definition) is 1. The molecule has 0 aliphatic heterocycles. The number of rotatable bonds is 5. The molecule has 0 fully saturated rings. The fourth-order valence-corrected chi connectivity index (χ4v) is 1.96. The average Bonchev–Trinajstić information content (AvgIpc) is 2.28. The van der Waals surface area contributed by atoms with Crippen LogP contribution in [0.3, 0.4) is 0 Å². The van der Waals surface area contributed by atoms with E-state index >= 15 is 0 Å². The number of benzene rings is 1. The van der Waals surface area contributed by atoms with Gasteiger partial charge in [0.15, 0.2) is 9.84 Å². The summed E-state index contributed by atoms with van der Waals surface area (Å²) in [6, 6.07) is 8.89. The number of sulfone groups is 1. The highest BCUT2D eigenvalue weighted by Gasteiger charge is 2.06. The maximum absolute atomic E-state index is 11.2. The van der Waals surface area contributed by atoms with E-state index in [1.54, 1.807) is 24.3 Å². The van der Waals surface area contributed by atoms with E-state index in [1.807, 2.05) is 6.92 Å². The largest absolute Gasteiger partial charge is 0.311 e. The molecule has 5 heteroatoms. The molecule has 1 N–H and O–H groups in total. The molecular weight excluding hydrogens is 236 g/mol. The van der Waals surface area contributed by atoms with Crippen molar-refractivity contribution in [3.05, 3.63) is 29.8 Å². The van der Waals surface area contributed by atoms with E-state index in [-0.39, 0.29) is 5.92 Å². The Morgan fingerprint density at radius 2 is 1.94 bits per heavy atom. The monoisotopic (exact) mass is 252 g/mol. The molecule has 1 atom stereocenters. The second-order valence-electron chi connectivity index (χ2n) is 4.08. The van der Waals surface area contributed by atoms with Gasteiger partial charge in [-0.1, -0.05) is 12.1 Å². The van der Waals surface area contributed by atoms with Gasteiger partial charge in [0.2, 0.25) is 0 Å². The Kier molecular flexibility index (Phi) is 4.67. The third kappa shape index (κ3) is 4.55. The van der Waals surface area contributed by atoms with Crippen molar-refractivity contribution in [2.45, 2.75) is 18.4 Å². The van der Waals surface area contributed by atoms with Crippen LogP contribution in [-0.2, 0) is 16.4 Å². The van der Waals surface area contributed by atoms with Crippen LogP contribution in [0.5, 0.6) is 0 Å². The first-order chi connectivity index (χ1) is 7.93. The molecular formula is C12H16N2O2S. The Labute approximate surface area is 102 Å². The van der Waals surface area contributed by atoms with Crippen LogP contribution in [0.25, 0.3) is 0 Å². The number of nitrogens with one attached hydrogen (secondary N) is 1. The molecule has 4 nitrogen and oxygen atoms in total.